The lowest BCUT2D eigenvalue weighted by atomic mass is 9.43. The summed E-state index contributed by atoms with van der Waals surface area (Å²) in [6, 6.07) is 39.6. The molecule has 0 spiro atoms. The first-order valence-corrected chi connectivity index (χ1v) is 43.8. The maximum absolute atomic E-state index is 13.6. The highest BCUT2D eigenvalue weighted by Crippen LogP contribution is 2.69. The largest absolute Gasteiger partial charge is 0.481 e. The molecule has 19 heteroatoms. The summed E-state index contributed by atoms with van der Waals surface area (Å²) in [4.78, 5) is 97.0. The summed E-state index contributed by atoms with van der Waals surface area (Å²) in [5.41, 5.74) is 5.26. The molecule has 6 amide bonds. The van der Waals surface area contributed by atoms with Crippen molar-refractivity contribution in [1.82, 2.24) is 29.8 Å². The Bertz CT molecular complexity index is 4370. The summed E-state index contributed by atoms with van der Waals surface area (Å²) in [7, 11) is 0. The van der Waals surface area contributed by atoms with Gasteiger partial charge < -0.3 is 34.9 Å². The Kier molecular flexibility index (Phi) is 24.9. The van der Waals surface area contributed by atoms with Crippen LogP contribution in [0.25, 0.3) is 0 Å². The minimum Gasteiger partial charge on any atom is -0.481 e. The zero-order chi connectivity index (χ0) is 78.7. The number of nitriles is 3. The number of likely N-dealkylation sites (tertiary alicyclic amines) is 5. The number of nitrogens with one attached hydrogen (secondary N) is 1. The molecule has 5 saturated heterocycles. The molecule has 5 aliphatic heterocycles. The van der Waals surface area contributed by atoms with Crippen LogP contribution in [0.1, 0.15) is 219 Å². The van der Waals surface area contributed by atoms with Crippen LogP contribution in [0.3, 0.4) is 0 Å². The second kappa shape index (κ2) is 34.2. The van der Waals surface area contributed by atoms with Crippen molar-refractivity contribution in [1.29, 1.82) is 15.8 Å². The molecule has 0 radical (unpaired) electrons. The van der Waals surface area contributed by atoms with Crippen molar-refractivity contribution in [3.63, 3.8) is 0 Å². The molecule has 4 aromatic carbocycles. The van der Waals surface area contributed by atoms with Crippen molar-refractivity contribution in [2.75, 3.05) is 65.4 Å². The van der Waals surface area contributed by atoms with Gasteiger partial charge >= 0.3 is 5.97 Å². The van der Waals surface area contributed by atoms with E-state index in [1.165, 1.54) is 152 Å². The highest BCUT2D eigenvalue weighted by atomic mass is 19.1. The van der Waals surface area contributed by atoms with Gasteiger partial charge in [0.25, 0.3) is 0 Å². The van der Waals surface area contributed by atoms with E-state index in [-0.39, 0.29) is 122 Å². The molecule has 5 heterocycles. The van der Waals surface area contributed by atoms with Crippen LogP contribution in [0.15, 0.2) is 103 Å². The number of carbonyl (C=O) groups excluding carboxylic acids is 6. The van der Waals surface area contributed by atoms with Gasteiger partial charge in [0, 0.05) is 114 Å². The molecule has 17 nitrogen and oxygen atoms in total. The van der Waals surface area contributed by atoms with Gasteiger partial charge in [-0.05, 0) is 294 Å². The van der Waals surface area contributed by atoms with Gasteiger partial charge in [-0.3, -0.25) is 33.6 Å². The maximum Gasteiger partial charge on any atom is 0.310 e. The molecule has 632 valence electrons. The first-order valence-electron chi connectivity index (χ1n) is 43.8. The van der Waals surface area contributed by atoms with Gasteiger partial charge in [-0.2, -0.15) is 15.8 Å². The average molecular weight is 1610 g/mol. The highest BCUT2D eigenvalue weighted by molar-refractivity contribution is 5.87. The van der Waals surface area contributed by atoms with Crippen molar-refractivity contribution < 1.29 is 47.4 Å². The number of amides is 6. The topological polar surface area (TPSA) is 239 Å². The summed E-state index contributed by atoms with van der Waals surface area (Å²) in [5, 5.41) is 39.4. The standard InChI is InChI=1S/C27H34N2O4.C23H29FN2O2.C23H25N3O.C22H25FN2O.4CH4/c30-24(28-13-20(14-28)25(31)29-15-21(16-29)26(32)33)12-27(11-17-4-2-1-3-5-17)22-7-18-6-19(9-22)10-23(27)8-18;1-14(27)25-21-12-26(13-21)22(28)11-23(17-2-4-20(24)5-3-17)18-7-15-6-16(9-18)10-19(23)8-15;24-11-15-2-1-3-19(5-15)23(10-22(27)26-13-18(12-25)14-26)20-6-16-4-17(8-20)9-21(23)7-16;23-20-3-1-17(2-4-20)22(10-21(26)25-12-16(11-24)13-25)18-6-14-5-15(8-18)9-19(22)7-14;;;;/h1-5,18-23H,6-16H2,(H,32,33);2-5,15-16,18-19,21H,6-13H2,1H3,(H,25,27);1-3,5,16-18,20-21H,4,6-10,13-14H2;1-4,14-16,18-19H,5-10,12-13H2;4*1H4. The van der Waals surface area contributed by atoms with Crippen molar-refractivity contribution in [3.8, 4) is 18.2 Å². The molecule has 16 aliphatic carbocycles. The van der Waals surface area contributed by atoms with Gasteiger partial charge in [-0.25, -0.2) is 8.78 Å². The number of nitrogens with zero attached hydrogens (tertiary/aromatic N) is 8. The quantitative estimate of drug-likeness (QED) is 0.107. The van der Waals surface area contributed by atoms with Gasteiger partial charge in [0.05, 0.1) is 53.5 Å². The van der Waals surface area contributed by atoms with E-state index < -0.39 is 11.9 Å². The van der Waals surface area contributed by atoms with Crippen LogP contribution < -0.4 is 5.32 Å². The SMILES string of the molecule is C.C.C.C.CC(=O)NC1CN(C(=O)CC2(c3ccc(F)cc3)C3CC4CC(C3)CC2C4)C1.N#CC1CN(C(=O)CC2(c3ccc(F)cc3)C3CC4CC(C3)CC2C4)C1.N#Cc1cccc(C2(CC(=O)N3CC(C#N)C3)C3CC4CC(C3)CC2C4)c1.O=C(O)C1CN(C(=O)C2CN(C(=O)CC3(Cc4ccccc4)C4CC5CC(C4)CC3C5)C2)C1. The van der Waals surface area contributed by atoms with Crippen molar-refractivity contribution >= 4 is 41.4 Å². The van der Waals surface area contributed by atoms with E-state index in [4.69, 9.17) is 15.6 Å². The summed E-state index contributed by atoms with van der Waals surface area (Å²) in [6.07, 6.45) is 28.6. The molecular formula is C99H129F2N9O8. The second-order valence-corrected chi connectivity index (χ2v) is 39.9. The summed E-state index contributed by atoms with van der Waals surface area (Å²) in [6.45, 7) is 6.68. The minimum absolute atomic E-state index is 0. The fourth-order valence-corrected chi connectivity index (χ4v) is 28.8. The number of rotatable bonds is 16. The Balaban J connectivity index is 0.000000128. The number of hydrogen-bond donors (Lipinski definition) is 2. The van der Waals surface area contributed by atoms with Crippen LogP contribution in [-0.2, 0) is 56.2 Å². The number of carboxylic acid groups (broad SMARTS) is 1. The van der Waals surface area contributed by atoms with Gasteiger partial charge in [-0.1, -0.05) is 96.4 Å². The number of hydrogen-bond acceptors (Lipinski definition) is 10. The van der Waals surface area contributed by atoms with Crippen LogP contribution >= 0.6 is 0 Å². The molecule has 21 fully saturated rings. The Morgan fingerprint density at radius 3 is 1.09 bits per heavy atom. The van der Waals surface area contributed by atoms with Crippen LogP contribution in [-0.4, -0.2) is 143 Å². The third kappa shape index (κ3) is 15.7. The normalized spacial score (nSPS) is 35.3. The zero-order valence-corrected chi connectivity index (χ0v) is 66.3. The maximum atomic E-state index is 13.6. The van der Waals surface area contributed by atoms with E-state index in [9.17, 15) is 47.6 Å². The Morgan fingerprint density at radius 1 is 0.398 bits per heavy atom. The van der Waals surface area contributed by atoms with Gasteiger partial charge in [-0.15, -0.1) is 0 Å². The third-order valence-corrected chi connectivity index (χ3v) is 33.6. The second-order valence-electron chi connectivity index (χ2n) is 39.9. The summed E-state index contributed by atoms with van der Waals surface area (Å²) < 4.78 is 27.2. The number of benzene rings is 4. The predicted octanol–water partition coefficient (Wildman–Crippen LogP) is 16.4. The smallest absolute Gasteiger partial charge is 0.310 e. The zero-order valence-electron chi connectivity index (χ0n) is 66.3. The van der Waals surface area contributed by atoms with Crippen molar-refractivity contribution in [3.05, 3.63) is 143 Å². The van der Waals surface area contributed by atoms with Crippen molar-refractivity contribution in [2.24, 2.45) is 124 Å². The molecule has 21 aliphatic rings. The first kappa shape index (κ1) is 85.9. The van der Waals surface area contributed by atoms with Gasteiger partial charge in [0.2, 0.25) is 35.4 Å². The summed E-state index contributed by atoms with van der Waals surface area (Å²) in [5.74, 6) is 10.2. The lowest BCUT2D eigenvalue weighted by Crippen LogP contribution is -2.63. The lowest BCUT2D eigenvalue weighted by molar-refractivity contribution is -0.163. The molecule has 25 rings (SSSR count). The Hall–Kier alpha value is -8.50. The lowest BCUT2D eigenvalue weighted by Gasteiger charge is -2.62. The van der Waals surface area contributed by atoms with Crippen LogP contribution in [0, 0.1) is 169 Å². The van der Waals surface area contributed by atoms with E-state index in [1.54, 1.807) is 29.2 Å². The molecule has 0 aromatic heterocycles. The van der Waals surface area contributed by atoms with Gasteiger partial charge in [0.1, 0.15) is 11.6 Å². The Morgan fingerprint density at radius 2 is 0.737 bits per heavy atom. The molecular weight excluding hydrogens is 1480 g/mol. The molecule has 118 heavy (non-hydrogen) atoms. The van der Waals surface area contributed by atoms with E-state index in [0.29, 0.717) is 144 Å². The monoisotopic (exact) mass is 1610 g/mol. The third-order valence-electron chi connectivity index (χ3n) is 33.6. The minimum atomic E-state index is -0.830. The van der Waals surface area contributed by atoms with Crippen molar-refractivity contribution in [2.45, 2.75) is 219 Å². The number of carbonyl (C=O) groups is 7. The first-order chi connectivity index (χ1) is 55.0. The molecule has 2 N–H and O–H groups in total. The fraction of sp³-hybridized carbons (Fsp3) is 0.657. The number of aliphatic carboxylic acids is 1. The summed E-state index contributed by atoms with van der Waals surface area (Å²) >= 11 is 0. The fourth-order valence-electron chi connectivity index (χ4n) is 28.8. The predicted molar refractivity (Wildman–Crippen MR) is 448 cm³/mol. The van der Waals surface area contributed by atoms with E-state index in [1.807, 2.05) is 62.1 Å². The average Bonchev–Trinajstić information content (AvgIpc) is 0.688. The number of carboxylic acids is 1. The van der Waals surface area contributed by atoms with E-state index in [0.717, 1.165) is 59.3 Å². The van der Waals surface area contributed by atoms with Gasteiger partial charge in [0.15, 0.2) is 0 Å². The van der Waals surface area contributed by atoms with Crippen LogP contribution in [0.5, 0.6) is 0 Å². The molecule has 16 bridgehead atoms. The molecule has 4 aromatic rings. The van der Waals surface area contributed by atoms with Crippen LogP contribution in [0.4, 0.5) is 8.78 Å². The van der Waals surface area contributed by atoms with E-state index in [2.05, 4.69) is 59.9 Å². The Labute approximate surface area is 700 Å². The van der Waals surface area contributed by atoms with E-state index >= 15 is 0 Å². The highest BCUT2D eigenvalue weighted by Gasteiger charge is 2.64. The molecule has 0 atom stereocenters. The molecule has 0 unspecified atom stereocenters. The number of halogens is 2. The van der Waals surface area contributed by atoms with Crippen LogP contribution in [0.2, 0.25) is 0 Å². The molecule has 16 saturated carbocycles.